The van der Waals surface area contributed by atoms with Crippen LogP contribution in [-0.2, 0) is 32.6 Å². The van der Waals surface area contributed by atoms with E-state index in [1.54, 1.807) is 31.1 Å². The minimum atomic E-state index is -0.0174. The van der Waals surface area contributed by atoms with Gasteiger partial charge in [0, 0.05) is 77.1 Å². The SMILES string of the molecule is CC(C)(C)C1=CN=CC1.CC(C)(C)C1=CN=NC1.CC(C)(C)C1=NN=CC1.CC(C)(C)c1cn[nH]c1.CC(C)(C)c1cnco1.CC(C)(C)c1cocn1.CC(C)(C)c1ncco1.CC(C)(C)c1ncno1.CC(C)(C)n1cccn1. The van der Waals surface area contributed by atoms with Crippen molar-refractivity contribution in [3.8, 4) is 0 Å². The molecule has 0 aliphatic carbocycles. The van der Waals surface area contributed by atoms with Crippen LogP contribution in [0.1, 0.15) is 229 Å². The van der Waals surface area contributed by atoms with Gasteiger partial charge in [-0.3, -0.25) is 14.8 Å². The highest BCUT2D eigenvalue weighted by Gasteiger charge is 2.23. The molecule has 18 heteroatoms. The van der Waals surface area contributed by atoms with Crippen LogP contribution in [0.25, 0.3) is 0 Å². The van der Waals surface area contributed by atoms with Crippen molar-refractivity contribution in [1.82, 2.24) is 45.1 Å². The summed E-state index contributed by atoms with van der Waals surface area (Å²) in [4.78, 5) is 19.8. The van der Waals surface area contributed by atoms with E-state index in [1.165, 1.54) is 41.5 Å². The second-order valence-corrected chi connectivity index (χ2v) is 28.7. The zero-order valence-electron chi connectivity index (χ0n) is 54.8. The lowest BCUT2D eigenvalue weighted by molar-refractivity contribution is 0.320. The van der Waals surface area contributed by atoms with Crippen LogP contribution in [0.5, 0.6) is 0 Å². The van der Waals surface area contributed by atoms with Crippen molar-refractivity contribution in [2.45, 2.75) is 232 Å². The summed E-state index contributed by atoms with van der Waals surface area (Å²) < 4.78 is 21.8. The number of aliphatic imine (C=N–C) groups is 1. The highest BCUT2D eigenvalue weighted by atomic mass is 16.5. The molecular weight excluding hydrogens is 1020 g/mol. The van der Waals surface area contributed by atoms with Gasteiger partial charge in [-0.2, -0.15) is 35.6 Å². The van der Waals surface area contributed by atoms with E-state index in [-0.39, 0.29) is 43.4 Å². The molecule has 0 fully saturated rings. The number of aromatic amines is 1. The number of azo groups is 1. The van der Waals surface area contributed by atoms with E-state index in [9.17, 15) is 0 Å². The molecule has 0 radical (unpaired) electrons. The van der Waals surface area contributed by atoms with Gasteiger partial charge in [0.1, 0.15) is 18.3 Å². The van der Waals surface area contributed by atoms with Crippen molar-refractivity contribution in [1.29, 1.82) is 0 Å². The van der Waals surface area contributed by atoms with Crippen LogP contribution in [-0.4, -0.2) is 69.8 Å². The van der Waals surface area contributed by atoms with Gasteiger partial charge in [0.15, 0.2) is 25.0 Å². The average Bonchev–Trinajstić information content (AvgIpc) is 4.21. The molecular formula is C63H104N14O4. The predicted molar refractivity (Wildman–Crippen MR) is 331 cm³/mol. The first kappa shape index (κ1) is 72.3. The lowest BCUT2D eigenvalue weighted by atomic mass is 9.86. The predicted octanol–water partition coefficient (Wildman–Crippen LogP) is 17.3. The van der Waals surface area contributed by atoms with Gasteiger partial charge in [0.2, 0.25) is 5.89 Å². The summed E-state index contributed by atoms with van der Waals surface area (Å²) in [6, 6.07) is 1.94. The Labute approximate surface area is 486 Å². The molecule has 0 atom stereocenters. The van der Waals surface area contributed by atoms with Crippen molar-refractivity contribution in [3.63, 3.8) is 0 Å². The summed E-state index contributed by atoms with van der Waals surface area (Å²) in [6.45, 7) is 58.2. The maximum atomic E-state index is 5.09. The van der Waals surface area contributed by atoms with E-state index in [1.807, 2.05) is 74.9 Å². The number of H-pyrrole nitrogens is 1. The summed E-state index contributed by atoms with van der Waals surface area (Å²) >= 11 is 0. The quantitative estimate of drug-likeness (QED) is 0.150. The molecule has 3 aliphatic rings. The summed E-state index contributed by atoms with van der Waals surface area (Å²) in [5.74, 6) is 2.41. The number of nitrogens with one attached hydrogen (secondary N) is 1. The van der Waals surface area contributed by atoms with Gasteiger partial charge in [-0.25, -0.2) is 15.0 Å². The zero-order valence-corrected chi connectivity index (χ0v) is 54.8. The monoisotopic (exact) mass is 1120 g/mol. The molecule has 9 rings (SSSR count). The van der Waals surface area contributed by atoms with Gasteiger partial charge in [-0.15, -0.1) is 0 Å². The second-order valence-electron chi connectivity index (χ2n) is 28.7. The summed E-state index contributed by atoms with van der Waals surface area (Å²) in [7, 11) is 0. The maximum Gasteiger partial charge on any atom is 0.231 e. The molecule has 81 heavy (non-hydrogen) atoms. The molecule has 6 aromatic heterocycles. The third-order valence-corrected chi connectivity index (χ3v) is 11.5. The molecule has 18 nitrogen and oxygen atoms in total. The molecule has 0 amide bonds. The lowest BCUT2D eigenvalue weighted by Crippen LogP contribution is -2.21. The Balaban J connectivity index is 0.000000456. The van der Waals surface area contributed by atoms with Gasteiger partial charge >= 0.3 is 0 Å². The number of hydrogen-bond acceptors (Lipinski definition) is 16. The van der Waals surface area contributed by atoms with Gasteiger partial charge in [0.05, 0.1) is 48.3 Å². The Morgan fingerprint density at radius 2 is 1.21 bits per heavy atom. The van der Waals surface area contributed by atoms with Gasteiger partial charge in [-0.1, -0.05) is 171 Å². The van der Waals surface area contributed by atoms with Crippen molar-refractivity contribution in [2.24, 2.45) is 41.7 Å². The molecule has 450 valence electrons. The topological polar surface area (TPSA) is 225 Å². The lowest BCUT2D eigenvalue weighted by Gasteiger charge is -2.18. The smallest absolute Gasteiger partial charge is 0.231 e. The van der Waals surface area contributed by atoms with Crippen LogP contribution in [0.3, 0.4) is 0 Å². The average molecular weight is 1120 g/mol. The standard InChI is InChI=1S/C8H13N.4C7H12N2.3C7H11NO.C6H10N2O/c1-8(2,3)7-4-5-9-6-7;2*1-7(2,3)6-4-8-9-5-6;1-7(2,3)9-6-4-5-8-9;1-7(2,3)6-4-5-8-9-6;1-7(2,3)6-4-9-5-8-6;1-7(2,3)6-4-8-5-9-6;1-7(2,3)6-8-4-5-9-6;1-6(2,3)5-7-4-8-9-5/h5-6H,4H2,1-3H3;4H,5H2,1-3H3;4-5H,1-3H3,(H,8,9);4-6H,1-3H3;5H,4H2,1-3H3;3*4-5H,1-3H3;4H,1-3H3. The highest BCUT2D eigenvalue weighted by molar-refractivity contribution is 6.01. The zero-order chi connectivity index (χ0) is 62.2. The molecule has 6 aromatic rings. The fraction of sp³-hybridized carbons (Fsp3) is 0.619. The number of nitrogens with zero attached hydrogens (tertiary/aromatic N) is 13. The molecule has 0 spiro atoms. The fourth-order valence-electron chi connectivity index (χ4n) is 5.87. The van der Waals surface area contributed by atoms with E-state index in [0.717, 1.165) is 36.7 Å². The molecule has 0 aromatic carbocycles. The van der Waals surface area contributed by atoms with Crippen molar-refractivity contribution < 1.29 is 17.8 Å². The van der Waals surface area contributed by atoms with E-state index in [4.69, 9.17) is 17.8 Å². The van der Waals surface area contributed by atoms with Crippen LogP contribution >= 0.6 is 0 Å². The molecule has 9 heterocycles. The first-order valence-electron chi connectivity index (χ1n) is 27.8. The van der Waals surface area contributed by atoms with Crippen molar-refractivity contribution in [2.75, 3.05) is 6.54 Å². The Hall–Kier alpha value is -6.72. The number of oxazole rings is 3. The second kappa shape index (κ2) is 31.5. The summed E-state index contributed by atoms with van der Waals surface area (Å²) in [6.07, 6.45) is 28.2. The van der Waals surface area contributed by atoms with E-state index in [0.29, 0.717) is 11.3 Å². The van der Waals surface area contributed by atoms with Gasteiger partial charge in [0.25, 0.3) is 0 Å². The Bertz CT molecular complexity index is 2290. The largest absolute Gasteiger partial charge is 0.451 e. The summed E-state index contributed by atoms with van der Waals surface area (Å²) in [5, 5.41) is 29.7. The Morgan fingerprint density at radius 3 is 1.43 bits per heavy atom. The fourth-order valence-corrected chi connectivity index (χ4v) is 5.87. The van der Waals surface area contributed by atoms with E-state index < -0.39 is 0 Å². The van der Waals surface area contributed by atoms with Gasteiger partial charge < -0.3 is 17.8 Å². The molecule has 0 unspecified atom stereocenters. The van der Waals surface area contributed by atoms with Crippen LogP contribution in [0.15, 0.2) is 142 Å². The van der Waals surface area contributed by atoms with Crippen LogP contribution < -0.4 is 0 Å². The van der Waals surface area contributed by atoms with Crippen LogP contribution in [0, 0.1) is 16.2 Å². The summed E-state index contributed by atoms with van der Waals surface area (Å²) in [5.41, 5.74) is 7.56. The van der Waals surface area contributed by atoms with E-state index in [2.05, 4.69) is 232 Å². The van der Waals surface area contributed by atoms with E-state index >= 15 is 0 Å². The molecule has 3 aliphatic heterocycles. The van der Waals surface area contributed by atoms with Crippen LogP contribution in [0.2, 0.25) is 0 Å². The third-order valence-electron chi connectivity index (χ3n) is 11.5. The number of rotatable bonds is 0. The number of aromatic nitrogens is 9. The molecule has 0 saturated carbocycles. The number of hydrogen-bond donors (Lipinski definition) is 1. The Kier molecular flexibility index (Phi) is 28.1. The normalized spacial score (nSPS) is 14.0. The molecule has 1 N–H and O–H groups in total. The first-order valence-corrected chi connectivity index (χ1v) is 27.8. The Morgan fingerprint density at radius 1 is 0.568 bits per heavy atom. The molecule has 0 saturated heterocycles. The third kappa shape index (κ3) is 30.6. The van der Waals surface area contributed by atoms with Crippen molar-refractivity contribution in [3.05, 3.63) is 127 Å². The minimum absolute atomic E-state index is 0.0174. The molecule has 0 bridgehead atoms. The van der Waals surface area contributed by atoms with Gasteiger partial charge in [-0.05, 0) is 59.8 Å². The first-order chi connectivity index (χ1) is 36.9. The maximum absolute atomic E-state index is 5.09. The van der Waals surface area contributed by atoms with Crippen LogP contribution in [0.4, 0.5) is 0 Å². The number of allylic oxidation sites excluding steroid dienone is 1. The highest BCUT2D eigenvalue weighted by Crippen LogP contribution is 2.30. The minimum Gasteiger partial charge on any atom is -0.451 e. The van der Waals surface area contributed by atoms with Crippen molar-refractivity contribution >= 4 is 18.1 Å².